The first-order valence-electron chi connectivity index (χ1n) is 9.47. The molecule has 0 aliphatic heterocycles. The third-order valence-corrected chi connectivity index (χ3v) is 7.04. The molecule has 25 heavy (non-hydrogen) atoms. The van der Waals surface area contributed by atoms with E-state index in [1.165, 1.54) is 27.8 Å². The summed E-state index contributed by atoms with van der Waals surface area (Å²) in [6.07, 6.45) is 7.24. The molecule has 126 valence electrons. The van der Waals surface area contributed by atoms with Crippen LogP contribution in [-0.2, 0) is 10.8 Å². The number of fused-ring (bicyclic) bond motifs is 6. The predicted molar refractivity (Wildman–Crippen MR) is 106 cm³/mol. The van der Waals surface area contributed by atoms with E-state index in [2.05, 4.69) is 89.2 Å². The highest BCUT2D eigenvalue weighted by Gasteiger charge is 2.47. The third-order valence-electron chi connectivity index (χ3n) is 7.04. The zero-order valence-electron chi connectivity index (χ0n) is 15.9. The minimum absolute atomic E-state index is 0.0906. The highest BCUT2D eigenvalue weighted by molar-refractivity contribution is 5.82. The van der Waals surface area contributed by atoms with Gasteiger partial charge in [-0.3, -0.25) is 0 Å². The minimum atomic E-state index is 0.0906. The molecule has 2 unspecified atom stereocenters. The monoisotopic (exact) mass is 326 g/mol. The van der Waals surface area contributed by atoms with Crippen LogP contribution in [0.3, 0.4) is 0 Å². The van der Waals surface area contributed by atoms with Gasteiger partial charge in [0.05, 0.1) is 0 Å². The highest BCUT2D eigenvalue weighted by atomic mass is 14.5. The van der Waals surface area contributed by atoms with Gasteiger partial charge < -0.3 is 0 Å². The van der Waals surface area contributed by atoms with Crippen LogP contribution < -0.4 is 0 Å². The molecule has 0 nitrogen and oxygen atoms in total. The molecule has 5 rings (SSSR count). The predicted octanol–water partition coefficient (Wildman–Crippen LogP) is 6.50. The summed E-state index contributed by atoms with van der Waals surface area (Å²) in [6.45, 7) is 11.8. The molecule has 0 amide bonds. The van der Waals surface area contributed by atoms with E-state index in [0.29, 0.717) is 11.8 Å². The van der Waals surface area contributed by atoms with Crippen LogP contribution in [0, 0.1) is 5.92 Å². The molecule has 0 N–H and O–H groups in total. The van der Waals surface area contributed by atoms with Crippen molar-refractivity contribution >= 4 is 0 Å². The van der Waals surface area contributed by atoms with E-state index in [9.17, 15) is 0 Å². The van der Waals surface area contributed by atoms with Crippen LogP contribution in [0.2, 0.25) is 0 Å². The maximum absolute atomic E-state index is 2.54. The van der Waals surface area contributed by atoms with E-state index >= 15 is 0 Å². The number of hydrogen-bond donors (Lipinski definition) is 0. The fourth-order valence-corrected chi connectivity index (χ4v) is 5.55. The van der Waals surface area contributed by atoms with Gasteiger partial charge in [0.1, 0.15) is 0 Å². The van der Waals surface area contributed by atoms with Crippen molar-refractivity contribution in [3.8, 4) is 11.1 Å². The average Bonchev–Trinajstić information content (AvgIpc) is 2.94. The normalized spacial score (nSPS) is 26.5. The molecule has 2 aromatic carbocycles. The Morgan fingerprint density at radius 1 is 0.840 bits per heavy atom. The second-order valence-corrected chi connectivity index (χ2v) is 9.20. The van der Waals surface area contributed by atoms with Crippen LogP contribution in [0.25, 0.3) is 11.1 Å². The molecule has 3 aliphatic rings. The lowest BCUT2D eigenvalue weighted by atomic mass is 9.73. The van der Waals surface area contributed by atoms with Crippen molar-refractivity contribution in [3.63, 3.8) is 0 Å². The summed E-state index contributed by atoms with van der Waals surface area (Å²) in [7, 11) is 0. The van der Waals surface area contributed by atoms with Gasteiger partial charge in [0.2, 0.25) is 0 Å². The SMILES string of the molecule is CC1=CC2C(C=C1)c1cc3c(cc1C2(C)C)-c1ccccc1C3(C)C. The Hall–Kier alpha value is -2.08. The summed E-state index contributed by atoms with van der Waals surface area (Å²) in [5, 5.41) is 0. The Bertz CT molecular complexity index is 966. The molecule has 0 saturated heterocycles. The standard InChI is InChI=1S/C25H26/c1-15-10-11-17-19-14-22-18(13-23(19)25(4,5)21(17)12-15)16-8-6-7-9-20(16)24(22,2)3/h6-14,17,21H,1-5H3. The second-order valence-electron chi connectivity index (χ2n) is 9.20. The van der Waals surface area contributed by atoms with Crippen LogP contribution in [0.5, 0.6) is 0 Å². The fourth-order valence-electron chi connectivity index (χ4n) is 5.55. The lowest BCUT2D eigenvalue weighted by molar-refractivity contribution is 0.392. The van der Waals surface area contributed by atoms with E-state index in [1.807, 2.05) is 0 Å². The van der Waals surface area contributed by atoms with E-state index in [4.69, 9.17) is 0 Å². The lowest BCUT2D eigenvalue weighted by Crippen LogP contribution is -2.25. The maximum atomic E-state index is 2.54. The second kappa shape index (κ2) is 4.55. The molecule has 0 heterocycles. The summed E-state index contributed by atoms with van der Waals surface area (Å²) in [5.41, 5.74) is 10.6. The van der Waals surface area contributed by atoms with Crippen molar-refractivity contribution in [1.29, 1.82) is 0 Å². The lowest BCUT2D eigenvalue weighted by Gasteiger charge is -2.30. The van der Waals surface area contributed by atoms with E-state index < -0.39 is 0 Å². The van der Waals surface area contributed by atoms with Crippen LogP contribution in [0.1, 0.15) is 62.8 Å². The Labute approximate surface area is 151 Å². The number of benzene rings is 2. The van der Waals surface area contributed by atoms with Crippen molar-refractivity contribution in [2.45, 2.75) is 51.4 Å². The number of hydrogen-bond acceptors (Lipinski definition) is 0. The van der Waals surface area contributed by atoms with Crippen LogP contribution >= 0.6 is 0 Å². The van der Waals surface area contributed by atoms with Gasteiger partial charge in [0, 0.05) is 11.3 Å². The van der Waals surface area contributed by atoms with Gasteiger partial charge in [-0.2, -0.15) is 0 Å². The Kier molecular flexibility index (Phi) is 2.77. The molecule has 0 saturated carbocycles. The first-order chi connectivity index (χ1) is 11.8. The molecule has 0 radical (unpaired) electrons. The van der Waals surface area contributed by atoms with Gasteiger partial charge >= 0.3 is 0 Å². The van der Waals surface area contributed by atoms with Crippen molar-refractivity contribution in [3.05, 3.63) is 82.5 Å². The van der Waals surface area contributed by atoms with Crippen LogP contribution in [0.4, 0.5) is 0 Å². The molecule has 0 spiro atoms. The highest BCUT2D eigenvalue weighted by Crippen LogP contribution is 2.58. The maximum Gasteiger partial charge on any atom is 0.0158 e. The Morgan fingerprint density at radius 2 is 1.60 bits per heavy atom. The van der Waals surface area contributed by atoms with Gasteiger partial charge in [0.25, 0.3) is 0 Å². The van der Waals surface area contributed by atoms with Crippen molar-refractivity contribution in [1.82, 2.24) is 0 Å². The van der Waals surface area contributed by atoms with Gasteiger partial charge in [-0.15, -0.1) is 0 Å². The quantitative estimate of drug-likeness (QED) is 0.518. The van der Waals surface area contributed by atoms with Crippen molar-refractivity contribution < 1.29 is 0 Å². The van der Waals surface area contributed by atoms with Gasteiger partial charge in [0.15, 0.2) is 0 Å². The van der Waals surface area contributed by atoms with Gasteiger partial charge in [-0.05, 0) is 57.7 Å². The zero-order chi connectivity index (χ0) is 17.6. The van der Waals surface area contributed by atoms with E-state index in [1.54, 1.807) is 11.1 Å². The average molecular weight is 326 g/mol. The first kappa shape index (κ1) is 15.2. The molecular weight excluding hydrogens is 300 g/mol. The van der Waals surface area contributed by atoms with Crippen LogP contribution in [-0.4, -0.2) is 0 Å². The summed E-state index contributed by atoms with van der Waals surface area (Å²) in [6, 6.07) is 14.0. The topological polar surface area (TPSA) is 0 Å². The summed E-state index contributed by atoms with van der Waals surface area (Å²) in [5.74, 6) is 1.10. The molecule has 0 aromatic heterocycles. The summed E-state index contributed by atoms with van der Waals surface area (Å²) >= 11 is 0. The molecule has 0 bridgehead atoms. The summed E-state index contributed by atoms with van der Waals surface area (Å²) < 4.78 is 0. The molecule has 0 fully saturated rings. The molecule has 2 atom stereocenters. The number of allylic oxidation sites excluding steroid dienone is 4. The molecule has 3 aliphatic carbocycles. The van der Waals surface area contributed by atoms with Crippen molar-refractivity contribution in [2.75, 3.05) is 0 Å². The third kappa shape index (κ3) is 1.78. The van der Waals surface area contributed by atoms with Crippen LogP contribution in [0.15, 0.2) is 60.2 Å². The van der Waals surface area contributed by atoms with Crippen molar-refractivity contribution in [2.24, 2.45) is 5.92 Å². The fraction of sp³-hybridized carbons (Fsp3) is 0.360. The Balaban J connectivity index is 1.80. The zero-order valence-corrected chi connectivity index (χ0v) is 15.9. The first-order valence-corrected chi connectivity index (χ1v) is 9.47. The summed E-state index contributed by atoms with van der Waals surface area (Å²) in [4.78, 5) is 0. The molecular formula is C25H26. The van der Waals surface area contributed by atoms with E-state index in [0.717, 1.165) is 0 Å². The van der Waals surface area contributed by atoms with E-state index in [-0.39, 0.29) is 10.8 Å². The molecule has 0 heteroatoms. The molecule has 2 aromatic rings. The number of rotatable bonds is 0. The largest absolute Gasteiger partial charge is 0.0767 e. The van der Waals surface area contributed by atoms with Gasteiger partial charge in [-0.25, -0.2) is 0 Å². The minimum Gasteiger partial charge on any atom is -0.0767 e. The Morgan fingerprint density at radius 3 is 2.40 bits per heavy atom. The van der Waals surface area contributed by atoms with Gasteiger partial charge in [-0.1, -0.05) is 81.8 Å². The smallest absolute Gasteiger partial charge is 0.0158 e.